The van der Waals surface area contributed by atoms with Crippen molar-refractivity contribution in [3.05, 3.63) is 58.6 Å². The molecule has 0 unspecified atom stereocenters. The maximum atomic E-state index is 13.3. The van der Waals surface area contributed by atoms with Crippen molar-refractivity contribution < 1.29 is 8.78 Å². The van der Waals surface area contributed by atoms with Gasteiger partial charge in [0.1, 0.15) is 11.5 Å². The second-order valence-corrected chi connectivity index (χ2v) is 3.61. The molecule has 82 valence electrons. The van der Waals surface area contributed by atoms with Gasteiger partial charge in [0.15, 0.2) is 11.6 Å². The van der Waals surface area contributed by atoms with Gasteiger partial charge in [-0.2, -0.15) is 0 Å². The fourth-order valence-electron chi connectivity index (χ4n) is 1.35. The fraction of sp³-hybridized carbons (Fsp3) is 0.0909. The predicted octanol–water partition coefficient (Wildman–Crippen LogP) is 3.00. The Bertz CT molecular complexity index is 517. The van der Waals surface area contributed by atoms with Crippen LogP contribution in [-0.2, 0) is 6.42 Å². The Morgan fingerprint density at radius 3 is 2.75 bits per heavy atom. The molecule has 2 rings (SSSR count). The van der Waals surface area contributed by atoms with Gasteiger partial charge < -0.3 is 0 Å². The highest BCUT2D eigenvalue weighted by atomic mass is 35.5. The Balaban J connectivity index is 2.31. The zero-order chi connectivity index (χ0) is 11.5. The highest BCUT2D eigenvalue weighted by molar-refractivity contribution is 6.29. The van der Waals surface area contributed by atoms with E-state index >= 15 is 0 Å². The molecule has 5 heteroatoms. The average Bonchev–Trinajstić information content (AvgIpc) is 2.25. The standard InChI is InChI=1S/C11H7ClF2N2/c12-10-5-8(15-6-16-10)4-7-2-1-3-9(13)11(7)14/h1-3,5-6H,4H2. The third-order valence-corrected chi connectivity index (χ3v) is 2.30. The quantitative estimate of drug-likeness (QED) is 0.754. The molecule has 0 saturated carbocycles. The molecular weight excluding hydrogens is 234 g/mol. The van der Waals surface area contributed by atoms with E-state index < -0.39 is 11.6 Å². The topological polar surface area (TPSA) is 25.8 Å². The summed E-state index contributed by atoms with van der Waals surface area (Å²) < 4.78 is 26.3. The average molecular weight is 241 g/mol. The number of hydrogen-bond acceptors (Lipinski definition) is 2. The lowest BCUT2D eigenvalue weighted by Gasteiger charge is -2.03. The van der Waals surface area contributed by atoms with E-state index in [-0.39, 0.29) is 17.1 Å². The van der Waals surface area contributed by atoms with E-state index in [0.717, 1.165) is 6.07 Å². The van der Waals surface area contributed by atoms with Gasteiger partial charge >= 0.3 is 0 Å². The van der Waals surface area contributed by atoms with Gasteiger partial charge in [-0.05, 0) is 17.7 Å². The Morgan fingerprint density at radius 2 is 2.00 bits per heavy atom. The molecule has 0 spiro atoms. The lowest BCUT2D eigenvalue weighted by Crippen LogP contribution is -1.98. The second kappa shape index (κ2) is 4.53. The van der Waals surface area contributed by atoms with E-state index in [1.807, 2.05) is 0 Å². The van der Waals surface area contributed by atoms with E-state index in [1.165, 1.54) is 24.5 Å². The SMILES string of the molecule is Fc1cccc(Cc2cc(Cl)ncn2)c1F. The zero-order valence-electron chi connectivity index (χ0n) is 8.12. The minimum absolute atomic E-state index is 0.186. The number of rotatable bonds is 2. The normalized spacial score (nSPS) is 10.4. The Hall–Kier alpha value is -1.55. The number of benzene rings is 1. The van der Waals surface area contributed by atoms with E-state index in [0.29, 0.717) is 5.69 Å². The zero-order valence-corrected chi connectivity index (χ0v) is 8.88. The van der Waals surface area contributed by atoms with Crippen LogP contribution in [0.2, 0.25) is 5.15 Å². The summed E-state index contributed by atoms with van der Waals surface area (Å²) >= 11 is 5.66. The van der Waals surface area contributed by atoms with Crippen LogP contribution in [0.15, 0.2) is 30.6 Å². The van der Waals surface area contributed by atoms with Gasteiger partial charge in [0.25, 0.3) is 0 Å². The number of aromatic nitrogens is 2. The Morgan fingerprint density at radius 1 is 1.19 bits per heavy atom. The van der Waals surface area contributed by atoms with Crippen molar-refractivity contribution in [1.82, 2.24) is 9.97 Å². The van der Waals surface area contributed by atoms with Gasteiger partial charge in [0, 0.05) is 12.1 Å². The number of nitrogens with zero attached hydrogens (tertiary/aromatic N) is 2. The lowest BCUT2D eigenvalue weighted by molar-refractivity contribution is 0.500. The molecule has 0 N–H and O–H groups in total. The van der Waals surface area contributed by atoms with Gasteiger partial charge in [0.2, 0.25) is 0 Å². The maximum absolute atomic E-state index is 13.3. The van der Waals surface area contributed by atoms with E-state index in [4.69, 9.17) is 11.6 Å². The molecule has 0 bridgehead atoms. The maximum Gasteiger partial charge on any atom is 0.162 e. The van der Waals surface area contributed by atoms with Gasteiger partial charge in [-0.3, -0.25) is 0 Å². The molecule has 0 aliphatic heterocycles. The van der Waals surface area contributed by atoms with E-state index in [1.54, 1.807) is 0 Å². The first kappa shape index (κ1) is 11.0. The minimum Gasteiger partial charge on any atom is -0.241 e. The van der Waals surface area contributed by atoms with E-state index in [9.17, 15) is 8.78 Å². The fourth-order valence-corrected chi connectivity index (χ4v) is 1.52. The van der Waals surface area contributed by atoms with Crippen molar-refractivity contribution in [1.29, 1.82) is 0 Å². The number of halogens is 3. The highest BCUT2D eigenvalue weighted by Gasteiger charge is 2.08. The van der Waals surface area contributed by atoms with Gasteiger partial charge in [-0.15, -0.1) is 0 Å². The second-order valence-electron chi connectivity index (χ2n) is 3.22. The minimum atomic E-state index is -0.863. The van der Waals surface area contributed by atoms with Crippen molar-refractivity contribution in [2.24, 2.45) is 0 Å². The summed E-state index contributed by atoms with van der Waals surface area (Å²) in [6, 6.07) is 5.56. The summed E-state index contributed by atoms with van der Waals surface area (Å²) in [6.45, 7) is 0. The molecule has 1 aromatic heterocycles. The summed E-state index contributed by atoms with van der Waals surface area (Å²) in [7, 11) is 0. The summed E-state index contributed by atoms with van der Waals surface area (Å²) in [6.07, 6.45) is 1.47. The van der Waals surface area contributed by atoms with E-state index in [2.05, 4.69) is 9.97 Å². The van der Waals surface area contributed by atoms with Crippen molar-refractivity contribution in [3.8, 4) is 0 Å². The van der Waals surface area contributed by atoms with Crippen molar-refractivity contribution in [2.45, 2.75) is 6.42 Å². The number of hydrogen-bond donors (Lipinski definition) is 0. The first-order chi connectivity index (χ1) is 7.66. The largest absolute Gasteiger partial charge is 0.241 e. The van der Waals surface area contributed by atoms with Crippen LogP contribution in [0.3, 0.4) is 0 Å². The lowest BCUT2D eigenvalue weighted by atomic mass is 10.1. The molecule has 0 radical (unpaired) electrons. The molecule has 2 nitrogen and oxygen atoms in total. The first-order valence-corrected chi connectivity index (χ1v) is 4.94. The van der Waals surface area contributed by atoms with Crippen molar-refractivity contribution in [3.63, 3.8) is 0 Å². The van der Waals surface area contributed by atoms with Crippen LogP contribution in [0, 0.1) is 11.6 Å². The highest BCUT2D eigenvalue weighted by Crippen LogP contribution is 2.15. The third-order valence-electron chi connectivity index (χ3n) is 2.09. The van der Waals surface area contributed by atoms with Crippen LogP contribution in [0.25, 0.3) is 0 Å². The van der Waals surface area contributed by atoms with Gasteiger partial charge in [-0.25, -0.2) is 18.7 Å². The molecule has 1 heterocycles. The smallest absolute Gasteiger partial charge is 0.162 e. The van der Waals surface area contributed by atoms with Crippen molar-refractivity contribution in [2.75, 3.05) is 0 Å². The molecule has 0 aliphatic carbocycles. The Kier molecular flexibility index (Phi) is 3.10. The Labute approximate surface area is 95.9 Å². The molecule has 0 amide bonds. The molecule has 2 aromatic rings. The third kappa shape index (κ3) is 2.33. The van der Waals surface area contributed by atoms with Crippen LogP contribution in [0.5, 0.6) is 0 Å². The van der Waals surface area contributed by atoms with Crippen LogP contribution in [0.1, 0.15) is 11.3 Å². The van der Waals surface area contributed by atoms with Gasteiger partial charge in [-0.1, -0.05) is 23.7 Å². The summed E-state index contributed by atoms with van der Waals surface area (Å²) in [5, 5.41) is 0.279. The molecule has 0 fully saturated rings. The molecule has 0 saturated heterocycles. The molecule has 1 aromatic carbocycles. The monoisotopic (exact) mass is 240 g/mol. The molecule has 0 atom stereocenters. The van der Waals surface area contributed by atoms with Crippen LogP contribution >= 0.6 is 11.6 Å². The summed E-state index contributed by atoms with van der Waals surface area (Å²) in [4.78, 5) is 7.63. The first-order valence-electron chi connectivity index (χ1n) is 4.56. The summed E-state index contributed by atoms with van der Waals surface area (Å²) in [5.74, 6) is -1.71. The molecule has 0 aliphatic rings. The predicted molar refractivity (Wildman–Crippen MR) is 56.2 cm³/mol. The summed E-state index contributed by atoms with van der Waals surface area (Å²) in [5.41, 5.74) is 0.791. The molecular formula is C11H7ClF2N2. The van der Waals surface area contributed by atoms with Crippen LogP contribution < -0.4 is 0 Å². The van der Waals surface area contributed by atoms with Crippen molar-refractivity contribution >= 4 is 11.6 Å². The van der Waals surface area contributed by atoms with Gasteiger partial charge in [0.05, 0.1) is 0 Å². The van der Waals surface area contributed by atoms with Crippen LogP contribution in [0.4, 0.5) is 8.78 Å². The molecule has 16 heavy (non-hydrogen) atoms. The van der Waals surface area contributed by atoms with Crippen LogP contribution in [-0.4, -0.2) is 9.97 Å².